The Kier molecular flexibility index (Phi) is 5.58. The molecule has 7 nitrogen and oxygen atoms in total. The largest absolute Gasteiger partial charge is 0.497 e. The summed E-state index contributed by atoms with van der Waals surface area (Å²) in [6.07, 6.45) is 0.550. The van der Waals surface area contributed by atoms with Gasteiger partial charge in [-0.25, -0.2) is 0 Å². The minimum Gasteiger partial charge on any atom is -0.497 e. The molecular weight excluding hydrogens is 392 g/mol. The molecule has 2 aromatic carbocycles. The molecule has 0 bridgehead atoms. The van der Waals surface area contributed by atoms with Crippen molar-refractivity contribution in [2.45, 2.75) is 19.8 Å². The van der Waals surface area contributed by atoms with Gasteiger partial charge in [-0.3, -0.25) is 9.59 Å². The van der Waals surface area contributed by atoms with Gasteiger partial charge < -0.3 is 14.6 Å². The summed E-state index contributed by atoms with van der Waals surface area (Å²) in [5, 5.41) is 7.39. The summed E-state index contributed by atoms with van der Waals surface area (Å²) in [7, 11) is 3.52. The van der Waals surface area contributed by atoms with Gasteiger partial charge in [-0.05, 0) is 49.7 Å². The van der Waals surface area contributed by atoms with E-state index in [2.05, 4.69) is 10.4 Å². The second-order valence-electron chi connectivity index (χ2n) is 7.37. The summed E-state index contributed by atoms with van der Waals surface area (Å²) < 4.78 is 8.55. The number of anilines is 1. The fourth-order valence-electron chi connectivity index (χ4n) is 3.59. The highest BCUT2D eigenvalue weighted by molar-refractivity contribution is 5.90. The van der Waals surface area contributed by atoms with E-state index in [-0.39, 0.29) is 17.9 Å². The molecule has 0 saturated heterocycles. The van der Waals surface area contributed by atoms with Crippen LogP contribution >= 0.6 is 0 Å². The number of aryl methyl sites for hydroxylation is 1. The molecule has 1 N–H and O–H groups in total. The fourth-order valence-corrected chi connectivity index (χ4v) is 3.59. The lowest BCUT2D eigenvalue weighted by Gasteiger charge is -2.12. The lowest BCUT2D eigenvalue weighted by atomic mass is 10.1. The van der Waals surface area contributed by atoms with E-state index in [0.717, 1.165) is 22.7 Å². The molecule has 0 saturated carbocycles. The van der Waals surface area contributed by atoms with Crippen molar-refractivity contribution in [2.24, 2.45) is 7.05 Å². The van der Waals surface area contributed by atoms with Crippen molar-refractivity contribution in [1.82, 2.24) is 14.2 Å². The first-order valence-corrected chi connectivity index (χ1v) is 10.1. The van der Waals surface area contributed by atoms with E-state index < -0.39 is 0 Å². The summed E-state index contributed by atoms with van der Waals surface area (Å²) in [4.78, 5) is 25.5. The van der Waals surface area contributed by atoms with Gasteiger partial charge in [0, 0.05) is 42.0 Å². The van der Waals surface area contributed by atoms with Gasteiger partial charge in [-0.2, -0.15) is 9.61 Å². The third-order valence-electron chi connectivity index (χ3n) is 5.47. The summed E-state index contributed by atoms with van der Waals surface area (Å²) >= 11 is 0. The van der Waals surface area contributed by atoms with Crippen LogP contribution in [-0.4, -0.2) is 27.2 Å². The Labute approximate surface area is 179 Å². The molecule has 4 rings (SSSR count). The fraction of sp³-hybridized carbons (Fsp3) is 0.208. The summed E-state index contributed by atoms with van der Waals surface area (Å²) in [5.74, 6) is 0.627. The number of hydrogen-bond donors (Lipinski definition) is 1. The van der Waals surface area contributed by atoms with Crippen molar-refractivity contribution in [2.75, 3.05) is 12.4 Å². The molecule has 0 atom stereocenters. The third-order valence-corrected chi connectivity index (χ3v) is 5.47. The van der Waals surface area contributed by atoms with Gasteiger partial charge in [0.05, 0.1) is 12.8 Å². The first-order chi connectivity index (χ1) is 15.0. The molecule has 0 radical (unpaired) electrons. The molecule has 0 aliphatic rings. The summed E-state index contributed by atoms with van der Waals surface area (Å²) in [5.41, 5.74) is 4.25. The number of aromatic nitrogens is 3. The van der Waals surface area contributed by atoms with Gasteiger partial charge in [-0.15, -0.1) is 0 Å². The number of nitrogens with one attached hydrogen (secondary N) is 1. The van der Waals surface area contributed by atoms with Crippen LogP contribution in [0.3, 0.4) is 0 Å². The highest BCUT2D eigenvalue weighted by atomic mass is 16.5. The van der Waals surface area contributed by atoms with Crippen LogP contribution in [0.2, 0.25) is 0 Å². The number of benzene rings is 2. The molecule has 158 valence electrons. The number of rotatable bonds is 6. The Morgan fingerprint density at radius 1 is 1.10 bits per heavy atom. The van der Waals surface area contributed by atoms with Crippen LogP contribution in [-0.2, 0) is 18.3 Å². The predicted molar refractivity (Wildman–Crippen MR) is 121 cm³/mol. The molecule has 0 unspecified atom stereocenters. The Hall–Kier alpha value is -3.87. The molecule has 31 heavy (non-hydrogen) atoms. The minimum absolute atomic E-state index is 0.132. The Bertz CT molecular complexity index is 1290. The maximum atomic E-state index is 13.2. The number of para-hydroxylation sites is 1. The van der Waals surface area contributed by atoms with Crippen LogP contribution < -0.4 is 15.6 Å². The zero-order chi connectivity index (χ0) is 22.0. The second kappa shape index (κ2) is 8.47. The monoisotopic (exact) mass is 416 g/mol. The van der Waals surface area contributed by atoms with E-state index in [9.17, 15) is 9.59 Å². The first kappa shape index (κ1) is 20.4. The van der Waals surface area contributed by atoms with Crippen molar-refractivity contribution in [3.63, 3.8) is 0 Å². The Morgan fingerprint density at radius 2 is 1.81 bits per heavy atom. The average Bonchev–Trinajstić information content (AvgIpc) is 3.24. The van der Waals surface area contributed by atoms with E-state index in [1.165, 1.54) is 4.52 Å². The molecule has 0 aliphatic carbocycles. The van der Waals surface area contributed by atoms with Crippen LogP contribution in [0.4, 0.5) is 5.69 Å². The summed E-state index contributed by atoms with van der Waals surface area (Å²) in [6, 6.07) is 18.7. The molecule has 0 fully saturated rings. The van der Waals surface area contributed by atoms with E-state index >= 15 is 0 Å². The number of methoxy groups -OCH3 is 1. The number of hydrogen-bond acceptors (Lipinski definition) is 4. The maximum absolute atomic E-state index is 13.2. The SMILES string of the molecule is COc1ccc(-c2cc3n(C)c(C)c(CCC(=O)Nc4ccccc4)c(=O)n3n2)cc1. The topological polar surface area (TPSA) is 77.6 Å². The standard InChI is InChI=1S/C24H24N4O3/c1-16-20(13-14-22(29)25-18-7-5-4-6-8-18)24(30)28-23(27(16)2)15-21(26-28)17-9-11-19(31-3)12-10-17/h4-12,15H,13-14H2,1-3H3,(H,25,29). The van der Waals surface area contributed by atoms with Gasteiger partial charge in [-0.1, -0.05) is 18.2 Å². The molecule has 4 aromatic rings. The number of ether oxygens (including phenoxy) is 1. The van der Waals surface area contributed by atoms with E-state index in [4.69, 9.17) is 4.74 Å². The highest BCUT2D eigenvalue weighted by Gasteiger charge is 2.16. The number of amides is 1. The van der Waals surface area contributed by atoms with Crippen molar-refractivity contribution < 1.29 is 9.53 Å². The van der Waals surface area contributed by atoms with Gasteiger partial charge >= 0.3 is 0 Å². The summed E-state index contributed by atoms with van der Waals surface area (Å²) in [6.45, 7) is 1.89. The lowest BCUT2D eigenvalue weighted by molar-refractivity contribution is -0.116. The van der Waals surface area contributed by atoms with Crippen LogP contribution in [0.1, 0.15) is 17.7 Å². The zero-order valence-corrected chi connectivity index (χ0v) is 17.8. The normalized spacial score (nSPS) is 10.9. The molecular formula is C24H24N4O3. The molecule has 7 heteroatoms. The second-order valence-corrected chi connectivity index (χ2v) is 7.37. The quantitative estimate of drug-likeness (QED) is 0.521. The van der Waals surface area contributed by atoms with Crippen molar-refractivity contribution >= 4 is 17.2 Å². The first-order valence-electron chi connectivity index (χ1n) is 10.1. The zero-order valence-electron chi connectivity index (χ0n) is 17.8. The van der Waals surface area contributed by atoms with Crippen molar-refractivity contribution in [1.29, 1.82) is 0 Å². The number of fused-ring (bicyclic) bond motifs is 1. The smallest absolute Gasteiger partial charge is 0.277 e. The van der Waals surface area contributed by atoms with Gasteiger partial charge in [0.2, 0.25) is 5.91 Å². The average molecular weight is 416 g/mol. The van der Waals surface area contributed by atoms with Crippen molar-refractivity contribution in [3.05, 3.63) is 82.3 Å². The van der Waals surface area contributed by atoms with Crippen LogP contribution in [0.25, 0.3) is 16.9 Å². The van der Waals surface area contributed by atoms with E-state index in [0.29, 0.717) is 23.3 Å². The third kappa shape index (κ3) is 4.07. The van der Waals surface area contributed by atoms with Crippen LogP contribution in [0.5, 0.6) is 5.75 Å². The number of carbonyl (C=O) groups is 1. The van der Waals surface area contributed by atoms with E-state index in [1.54, 1.807) is 7.11 Å². The molecule has 0 aliphatic heterocycles. The van der Waals surface area contributed by atoms with Gasteiger partial charge in [0.1, 0.15) is 11.4 Å². The van der Waals surface area contributed by atoms with Crippen molar-refractivity contribution in [3.8, 4) is 17.0 Å². The van der Waals surface area contributed by atoms with Crippen LogP contribution in [0.15, 0.2) is 65.5 Å². The van der Waals surface area contributed by atoms with E-state index in [1.807, 2.05) is 79.2 Å². The minimum atomic E-state index is -0.196. The lowest BCUT2D eigenvalue weighted by Crippen LogP contribution is -2.26. The molecule has 0 spiro atoms. The Morgan fingerprint density at radius 3 is 2.48 bits per heavy atom. The maximum Gasteiger partial charge on any atom is 0.277 e. The predicted octanol–water partition coefficient (Wildman–Crippen LogP) is 3.59. The Balaban J connectivity index is 1.62. The number of nitrogens with zero attached hydrogens (tertiary/aromatic N) is 3. The number of carbonyl (C=O) groups excluding carboxylic acids is 1. The molecule has 2 heterocycles. The molecule has 1 amide bonds. The van der Waals surface area contributed by atoms with Gasteiger partial charge in [0.15, 0.2) is 0 Å². The van der Waals surface area contributed by atoms with Crippen LogP contribution in [0, 0.1) is 6.92 Å². The van der Waals surface area contributed by atoms with Gasteiger partial charge in [0.25, 0.3) is 5.56 Å². The highest BCUT2D eigenvalue weighted by Crippen LogP contribution is 2.23. The molecule has 2 aromatic heterocycles.